The van der Waals surface area contributed by atoms with E-state index >= 15 is 0 Å². The van der Waals surface area contributed by atoms with Crippen molar-refractivity contribution in [1.29, 1.82) is 0 Å². The first kappa shape index (κ1) is 21.0. The molecule has 35 heavy (non-hydrogen) atoms. The Kier molecular flexibility index (Phi) is 4.83. The highest BCUT2D eigenvalue weighted by Gasteiger charge is 2.38. The molecule has 5 aromatic rings. The summed E-state index contributed by atoms with van der Waals surface area (Å²) in [4.78, 5) is 44.9. The smallest absolute Gasteiger partial charge is 0.347 e. The van der Waals surface area contributed by atoms with E-state index in [2.05, 4.69) is 4.98 Å². The molecule has 168 valence electrons. The average Bonchev–Trinajstić information content (AvgIpc) is 3.14. The molecule has 0 saturated carbocycles. The van der Waals surface area contributed by atoms with Gasteiger partial charge in [0.2, 0.25) is 5.89 Å². The number of anilines is 1. The van der Waals surface area contributed by atoms with Gasteiger partial charge in [-0.1, -0.05) is 60.1 Å². The second-order valence-corrected chi connectivity index (χ2v) is 8.49. The zero-order chi connectivity index (χ0) is 24.1. The lowest BCUT2D eigenvalue weighted by atomic mass is 10.0. The summed E-state index contributed by atoms with van der Waals surface area (Å²) in [5.74, 6) is -0.816. The quantitative estimate of drug-likeness (QED) is 0.298. The lowest BCUT2D eigenvalue weighted by Crippen LogP contribution is -2.29. The minimum atomic E-state index is -0.589. The highest BCUT2D eigenvalue weighted by atomic mass is 35.5. The molecular weight excluding hydrogens is 464 g/mol. The van der Waals surface area contributed by atoms with E-state index in [4.69, 9.17) is 16.0 Å². The van der Waals surface area contributed by atoms with Gasteiger partial charge in [0.15, 0.2) is 0 Å². The third kappa shape index (κ3) is 3.43. The summed E-state index contributed by atoms with van der Waals surface area (Å²) in [5, 5.41) is 0.661. The van der Waals surface area contributed by atoms with E-state index in [0.29, 0.717) is 21.8 Å². The second kappa shape index (κ2) is 8.04. The number of fused-ring (bicyclic) bond motifs is 2. The minimum absolute atomic E-state index is 0.0519. The number of rotatable bonds is 3. The van der Waals surface area contributed by atoms with Crippen LogP contribution in [0.3, 0.4) is 0 Å². The molecule has 0 N–H and O–H groups in total. The van der Waals surface area contributed by atoms with Crippen LogP contribution in [0.15, 0.2) is 100 Å². The molecule has 6 nitrogen and oxygen atoms in total. The normalized spacial score (nSPS) is 12.9. The predicted molar refractivity (Wildman–Crippen MR) is 134 cm³/mol. The van der Waals surface area contributed by atoms with Crippen molar-refractivity contribution in [3.8, 4) is 22.6 Å². The van der Waals surface area contributed by atoms with Crippen molar-refractivity contribution in [2.75, 3.05) is 4.90 Å². The minimum Gasteiger partial charge on any atom is -0.403 e. The van der Waals surface area contributed by atoms with Crippen molar-refractivity contribution in [3.63, 3.8) is 0 Å². The van der Waals surface area contributed by atoms with Gasteiger partial charge in [0.25, 0.3) is 11.8 Å². The summed E-state index contributed by atoms with van der Waals surface area (Å²) in [5.41, 5.74) is 2.89. The molecule has 2 amide bonds. The van der Waals surface area contributed by atoms with Gasteiger partial charge < -0.3 is 4.42 Å². The third-order valence-corrected chi connectivity index (χ3v) is 6.19. The van der Waals surface area contributed by atoms with Gasteiger partial charge in [-0.2, -0.15) is 0 Å². The molecule has 0 aliphatic carbocycles. The standard InChI is InChI=1S/C28H15ClN2O4/c29-18-11-13-23-22(15-18)28(34)35-25(30-23)17-10-12-20-21(14-17)27(33)31(26(20)32)24-9-5-4-8-19(24)16-6-2-1-3-7-16/h1-15H. The van der Waals surface area contributed by atoms with E-state index in [9.17, 15) is 14.4 Å². The van der Waals surface area contributed by atoms with Crippen molar-refractivity contribution in [2.24, 2.45) is 0 Å². The van der Waals surface area contributed by atoms with Crippen LogP contribution < -0.4 is 10.5 Å². The molecule has 1 aromatic heterocycles. The molecule has 4 aromatic carbocycles. The first-order valence-corrected chi connectivity index (χ1v) is 11.2. The molecule has 0 saturated heterocycles. The van der Waals surface area contributed by atoms with Gasteiger partial charge in [0.1, 0.15) is 0 Å². The Morgan fingerprint density at radius 2 is 1.43 bits per heavy atom. The average molecular weight is 479 g/mol. The van der Waals surface area contributed by atoms with Gasteiger partial charge in [-0.3, -0.25) is 9.59 Å². The third-order valence-electron chi connectivity index (χ3n) is 5.95. The monoisotopic (exact) mass is 478 g/mol. The number of imide groups is 1. The zero-order valence-corrected chi connectivity index (χ0v) is 18.8. The van der Waals surface area contributed by atoms with Gasteiger partial charge in [-0.15, -0.1) is 0 Å². The van der Waals surface area contributed by atoms with Crippen molar-refractivity contribution >= 4 is 40.0 Å². The number of carbonyl (C=O) groups excluding carboxylic acids is 2. The van der Waals surface area contributed by atoms with Crippen LogP contribution in [0.5, 0.6) is 0 Å². The van der Waals surface area contributed by atoms with Crippen LogP contribution in [0.2, 0.25) is 5.02 Å². The molecule has 7 heteroatoms. The van der Waals surface area contributed by atoms with Crippen LogP contribution in [0.25, 0.3) is 33.5 Å². The van der Waals surface area contributed by atoms with Crippen molar-refractivity contribution < 1.29 is 14.0 Å². The number of benzene rings is 4. The SMILES string of the molecule is O=C1c2ccc(-c3nc4ccc(Cl)cc4c(=O)o3)cc2C(=O)N1c1ccccc1-c1ccccc1. The van der Waals surface area contributed by atoms with Crippen LogP contribution in [-0.4, -0.2) is 16.8 Å². The number of para-hydroxylation sites is 1. The number of aromatic nitrogens is 1. The number of hydrogen-bond acceptors (Lipinski definition) is 5. The van der Waals surface area contributed by atoms with Crippen molar-refractivity contribution in [1.82, 2.24) is 4.98 Å². The van der Waals surface area contributed by atoms with Gasteiger partial charge in [-0.25, -0.2) is 14.7 Å². The molecule has 0 fully saturated rings. The summed E-state index contributed by atoms with van der Waals surface area (Å²) < 4.78 is 5.41. The number of carbonyl (C=O) groups is 2. The largest absolute Gasteiger partial charge is 0.403 e. The summed E-state index contributed by atoms with van der Waals surface area (Å²) in [6, 6.07) is 26.3. The molecule has 2 heterocycles. The number of hydrogen-bond donors (Lipinski definition) is 0. The summed E-state index contributed by atoms with van der Waals surface area (Å²) in [6.45, 7) is 0. The van der Waals surface area contributed by atoms with E-state index in [0.717, 1.165) is 11.1 Å². The van der Waals surface area contributed by atoms with Crippen LogP contribution in [-0.2, 0) is 0 Å². The van der Waals surface area contributed by atoms with Gasteiger partial charge in [-0.05, 0) is 48.0 Å². The molecule has 1 aliphatic heterocycles. The first-order valence-electron chi connectivity index (χ1n) is 10.8. The fourth-order valence-electron chi connectivity index (χ4n) is 4.29. The van der Waals surface area contributed by atoms with Crippen LogP contribution in [0.1, 0.15) is 20.7 Å². The fourth-order valence-corrected chi connectivity index (χ4v) is 4.46. The zero-order valence-electron chi connectivity index (χ0n) is 18.1. The number of amides is 2. The van der Waals surface area contributed by atoms with Crippen LogP contribution in [0, 0.1) is 0 Å². The Bertz CT molecular complexity index is 1730. The number of halogens is 1. The maximum atomic E-state index is 13.5. The molecule has 0 unspecified atom stereocenters. The lowest BCUT2D eigenvalue weighted by molar-refractivity contribution is 0.0926. The molecule has 1 aliphatic rings. The highest BCUT2D eigenvalue weighted by molar-refractivity contribution is 6.35. The maximum Gasteiger partial charge on any atom is 0.347 e. The Labute approximate surface area is 204 Å². The second-order valence-electron chi connectivity index (χ2n) is 8.06. The van der Waals surface area contributed by atoms with Gasteiger partial charge in [0, 0.05) is 16.1 Å². The first-order chi connectivity index (χ1) is 17.0. The Morgan fingerprint density at radius 3 is 2.26 bits per heavy atom. The fraction of sp³-hybridized carbons (Fsp3) is 0. The molecule has 0 atom stereocenters. The van der Waals surface area contributed by atoms with Crippen molar-refractivity contribution in [2.45, 2.75) is 0 Å². The van der Waals surface area contributed by atoms with Gasteiger partial charge >= 0.3 is 5.63 Å². The Morgan fingerprint density at radius 1 is 0.686 bits per heavy atom. The van der Waals surface area contributed by atoms with Crippen LogP contribution >= 0.6 is 11.6 Å². The summed E-state index contributed by atoms with van der Waals surface area (Å²) >= 11 is 5.97. The molecule has 0 spiro atoms. The van der Waals surface area contributed by atoms with Crippen LogP contribution in [0.4, 0.5) is 5.69 Å². The molecule has 6 rings (SSSR count). The molecular formula is C28H15ClN2O4. The Balaban J connectivity index is 1.44. The Hall–Kier alpha value is -4.55. The predicted octanol–water partition coefficient (Wildman–Crippen LogP) is 5.98. The maximum absolute atomic E-state index is 13.5. The summed E-state index contributed by atoms with van der Waals surface area (Å²) in [7, 11) is 0. The lowest BCUT2D eigenvalue weighted by Gasteiger charge is -2.18. The van der Waals surface area contributed by atoms with E-state index in [1.807, 2.05) is 42.5 Å². The van der Waals surface area contributed by atoms with Gasteiger partial charge in [0.05, 0.1) is 27.7 Å². The topological polar surface area (TPSA) is 80.5 Å². The molecule has 0 radical (unpaired) electrons. The number of nitrogens with zero attached hydrogens (tertiary/aromatic N) is 2. The molecule has 0 bridgehead atoms. The highest BCUT2D eigenvalue weighted by Crippen LogP contribution is 2.37. The summed E-state index contributed by atoms with van der Waals surface area (Å²) in [6.07, 6.45) is 0. The van der Waals surface area contributed by atoms with E-state index in [1.54, 1.807) is 36.4 Å². The van der Waals surface area contributed by atoms with E-state index in [1.165, 1.54) is 17.0 Å². The van der Waals surface area contributed by atoms with Crippen molar-refractivity contribution in [3.05, 3.63) is 118 Å². The van der Waals surface area contributed by atoms with E-state index < -0.39 is 17.4 Å². The van der Waals surface area contributed by atoms with E-state index in [-0.39, 0.29) is 22.4 Å².